The topological polar surface area (TPSA) is 160 Å². The Morgan fingerprint density at radius 3 is 2.27 bits per heavy atom. The second-order valence-electron chi connectivity index (χ2n) is 10.6. The fraction of sp³-hybridized carbons (Fsp3) is 0.400. The molecule has 242 valence electrons. The predicted molar refractivity (Wildman–Crippen MR) is 158 cm³/mol. The molecule has 11 nitrogen and oxygen atoms in total. The molecule has 2 atom stereocenters. The molecule has 0 fully saturated rings. The van der Waals surface area contributed by atoms with E-state index in [9.17, 15) is 24.3 Å². The first kappa shape index (κ1) is 33.7. The van der Waals surface area contributed by atoms with Gasteiger partial charge in [-0.25, -0.2) is 8.78 Å². The Kier molecular flexibility index (Phi) is 10.4. The molecule has 3 N–H and O–H groups in total. The summed E-state index contributed by atoms with van der Waals surface area (Å²) in [6, 6.07) is 2.78. The first-order chi connectivity index (χ1) is 21.2. The maximum absolute atomic E-state index is 15.3. The number of halogens is 3. The molecular formula is C30H30ClF2NO10S. The zero-order chi connectivity index (χ0) is 33.2. The molecule has 2 heterocycles. The van der Waals surface area contributed by atoms with Crippen molar-refractivity contribution in [2.75, 3.05) is 20.3 Å². The first-order valence-electron chi connectivity index (χ1n) is 13.8. The van der Waals surface area contributed by atoms with Crippen molar-refractivity contribution >= 4 is 56.7 Å². The van der Waals surface area contributed by atoms with Crippen molar-refractivity contribution < 1.29 is 57.5 Å². The molecule has 0 saturated carbocycles. The highest BCUT2D eigenvalue weighted by atomic mass is 35.5. The maximum Gasteiger partial charge on any atom is 0.306 e. The van der Waals surface area contributed by atoms with Crippen LogP contribution in [0.25, 0.3) is 10.1 Å². The minimum absolute atomic E-state index is 0.0371. The summed E-state index contributed by atoms with van der Waals surface area (Å²) >= 11 is 7.08. The van der Waals surface area contributed by atoms with Gasteiger partial charge in [0.2, 0.25) is 5.91 Å². The van der Waals surface area contributed by atoms with E-state index in [0.29, 0.717) is 5.56 Å². The van der Waals surface area contributed by atoms with Crippen LogP contribution in [0.4, 0.5) is 8.78 Å². The maximum atomic E-state index is 15.3. The smallest absolute Gasteiger partial charge is 0.306 e. The standard InChI is InChI=1S/C30H30ClF2NO10S/c1-13(29(38)39)7-18(35)20-10-16-23(32)27(25(37)22(31)28(16)45-20)44-6-4-5-43-19-9-15-11-34(21(36)8-14(2)30(40)41)12-17(15)24(33)26(19)42-3/h9-10,13-14,37H,4-8,11-12H2,1-3H3,(H,38,39)(H,40,41). The second kappa shape index (κ2) is 13.9. The summed E-state index contributed by atoms with van der Waals surface area (Å²) < 4.78 is 47.1. The number of phenols is 1. The van der Waals surface area contributed by atoms with Crippen LogP contribution in [0.5, 0.6) is 23.0 Å². The van der Waals surface area contributed by atoms with Crippen LogP contribution in [0.1, 0.15) is 53.9 Å². The van der Waals surface area contributed by atoms with Crippen molar-refractivity contribution in [3.63, 3.8) is 0 Å². The van der Waals surface area contributed by atoms with Gasteiger partial charge in [0.15, 0.2) is 40.4 Å². The van der Waals surface area contributed by atoms with Crippen LogP contribution in [-0.4, -0.2) is 64.2 Å². The number of carbonyl (C=O) groups is 4. The summed E-state index contributed by atoms with van der Waals surface area (Å²) in [5, 5.41) is 28.4. The van der Waals surface area contributed by atoms with Crippen LogP contribution in [0.2, 0.25) is 5.02 Å². The molecule has 15 heteroatoms. The van der Waals surface area contributed by atoms with E-state index in [0.717, 1.165) is 11.3 Å². The third kappa shape index (κ3) is 7.06. The highest BCUT2D eigenvalue weighted by Gasteiger charge is 2.31. The molecule has 0 radical (unpaired) electrons. The van der Waals surface area contributed by atoms with Crippen molar-refractivity contribution in [3.05, 3.63) is 44.8 Å². The van der Waals surface area contributed by atoms with Crippen LogP contribution in [-0.2, 0) is 27.5 Å². The summed E-state index contributed by atoms with van der Waals surface area (Å²) in [5.74, 6) is -7.98. The number of amides is 1. The van der Waals surface area contributed by atoms with Crippen molar-refractivity contribution in [1.29, 1.82) is 0 Å². The Morgan fingerprint density at radius 2 is 1.62 bits per heavy atom. The molecular weight excluding hydrogens is 640 g/mol. The molecule has 0 spiro atoms. The van der Waals surface area contributed by atoms with E-state index in [4.69, 9.17) is 36.0 Å². The molecule has 1 aromatic heterocycles. The zero-order valence-corrected chi connectivity index (χ0v) is 26.0. The first-order valence-corrected chi connectivity index (χ1v) is 15.0. The van der Waals surface area contributed by atoms with Crippen LogP contribution < -0.4 is 14.2 Å². The number of hydrogen-bond acceptors (Lipinski definition) is 9. The lowest BCUT2D eigenvalue weighted by Crippen LogP contribution is -2.28. The number of methoxy groups -OCH3 is 1. The molecule has 2 aromatic carbocycles. The number of carboxylic acids is 2. The fourth-order valence-corrected chi connectivity index (χ4v) is 6.06. The van der Waals surface area contributed by atoms with Gasteiger partial charge in [0.25, 0.3) is 0 Å². The van der Waals surface area contributed by atoms with E-state index < -0.39 is 58.6 Å². The van der Waals surface area contributed by atoms with Gasteiger partial charge in [-0.05, 0) is 17.7 Å². The number of phenolic OH excluding ortho intramolecular Hbond substituents is 1. The lowest BCUT2D eigenvalue weighted by molar-refractivity contribution is -0.145. The highest BCUT2D eigenvalue weighted by Crippen LogP contribution is 2.46. The number of rotatable bonds is 14. The number of nitrogens with zero attached hydrogens (tertiary/aromatic N) is 1. The van der Waals surface area contributed by atoms with E-state index in [-0.39, 0.29) is 82.6 Å². The van der Waals surface area contributed by atoms with E-state index in [1.807, 2.05) is 0 Å². The lowest BCUT2D eigenvalue weighted by atomic mass is 10.0. The van der Waals surface area contributed by atoms with Gasteiger partial charge in [-0.15, -0.1) is 11.3 Å². The molecule has 3 aromatic rings. The van der Waals surface area contributed by atoms with Gasteiger partial charge < -0.3 is 34.4 Å². The number of carboxylic acid groups (broad SMARTS) is 2. The van der Waals surface area contributed by atoms with Gasteiger partial charge in [-0.2, -0.15) is 0 Å². The Labute approximate surface area is 264 Å². The molecule has 2 unspecified atom stereocenters. The number of benzene rings is 2. The minimum atomic E-state index is -1.14. The SMILES string of the molecule is COc1c(OCCCOc2c(O)c(Cl)c3sc(C(=O)CC(C)C(=O)O)cc3c2F)cc2c(c1F)CN(C(=O)CC(C)C(=O)O)C2. The third-order valence-electron chi connectivity index (χ3n) is 7.32. The third-order valence-corrected chi connectivity index (χ3v) is 8.99. The Balaban J connectivity index is 1.40. The fourth-order valence-electron chi connectivity index (χ4n) is 4.71. The number of carbonyl (C=O) groups excluding carboxylic acids is 2. The summed E-state index contributed by atoms with van der Waals surface area (Å²) in [6.45, 7) is 2.63. The quantitative estimate of drug-likeness (QED) is 0.145. The highest BCUT2D eigenvalue weighted by molar-refractivity contribution is 7.21. The van der Waals surface area contributed by atoms with E-state index in [1.54, 1.807) is 0 Å². The van der Waals surface area contributed by atoms with Crippen molar-refractivity contribution in [1.82, 2.24) is 4.90 Å². The van der Waals surface area contributed by atoms with Crippen LogP contribution in [0.3, 0.4) is 0 Å². The second-order valence-corrected chi connectivity index (χ2v) is 12.1. The van der Waals surface area contributed by atoms with E-state index >= 15 is 8.78 Å². The molecule has 1 aliphatic heterocycles. The number of ketones is 1. The largest absolute Gasteiger partial charge is 0.503 e. The number of aromatic hydroxyl groups is 1. The van der Waals surface area contributed by atoms with Crippen molar-refractivity contribution in [2.24, 2.45) is 11.8 Å². The van der Waals surface area contributed by atoms with Crippen molar-refractivity contribution in [3.8, 4) is 23.0 Å². The Hall–Kier alpha value is -4.17. The van der Waals surface area contributed by atoms with E-state index in [1.165, 1.54) is 38.0 Å². The number of Topliss-reactive ketones (excluding diaryl/α,β-unsaturated/α-hetero) is 1. The van der Waals surface area contributed by atoms with Crippen LogP contribution in [0.15, 0.2) is 12.1 Å². The molecule has 45 heavy (non-hydrogen) atoms. The Morgan fingerprint density at radius 1 is 0.978 bits per heavy atom. The van der Waals surface area contributed by atoms with Crippen LogP contribution in [0, 0.1) is 23.5 Å². The van der Waals surface area contributed by atoms with Gasteiger partial charge in [0, 0.05) is 43.3 Å². The summed E-state index contributed by atoms with van der Waals surface area (Å²) in [7, 11) is 1.26. The molecule has 0 saturated heterocycles. The van der Waals surface area contributed by atoms with Gasteiger partial charge in [0.1, 0.15) is 5.02 Å². The number of aliphatic carboxylic acids is 2. The molecule has 0 aliphatic carbocycles. The Bertz CT molecular complexity index is 1680. The monoisotopic (exact) mass is 669 g/mol. The predicted octanol–water partition coefficient (Wildman–Crippen LogP) is 5.64. The molecule has 1 aliphatic rings. The van der Waals surface area contributed by atoms with Gasteiger partial charge in [-0.1, -0.05) is 25.4 Å². The summed E-state index contributed by atoms with van der Waals surface area (Å²) in [6.07, 6.45) is -0.371. The normalized spacial score (nSPS) is 13.8. The summed E-state index contributed by atoms with van der Waals surface area (Å²) in [5.41, 5.74) is 0.726. The number of ether oxygens (including phenoxy) is 3. The van der Waals surface area contributed by atoms with Gasteiger partial charge in [-0.3, -0.25) is 19.2 Å². The number of fused-ring (bicyclic) bond motifs is 2. The summed E-state index contributed by atoms with van der Waals surface area (Å²) in [4.78, 5) is 48.7. The van der Waals surface area contributed by atoms with E-state index in [2.05, 4.69) is 0 Å². The van der Waals surface area contributed by atoms with Gasteiger partial charge >= 0.3 is 11.9 Å². The van der Waals surface area contributed by atoms with Gasteiger partial charge in [0.05, 0.1) is 41.7 Å². The molecule has 1 amide bonds. The molecule has 4 rings (SSSR count). The lowest BCUT2D eigenvalue weighted by Gasteiger charge is -2.16. The average Bonchev–Trinajstić information content (AvgIpc) is 3.63. The zero-order valence-electron chi connectivity index (χ0n) is 24.4. The van der Waals surface area contributed by atoms with Crippen LogP contribution >= 0.6 is 22.9 Å². The number of thiophene rings is 1. The molecule has 0 bridgehead atoms. The minimum Gasteiger partial charge on any atom is -0.503 e. The average molecular weight is 670 g/mol. The van der Waals surface area contributed by atoms with Crippen molar-refractivity contribution in [2.45, 2.75) is 46.2 Å². The number of hydrogen-bond donors (Lipinski definition) is 3.